The molecule has 7 heteroatoms. The van der Waals surface area contributed by atoms with Crippen LogP contribution in [0.25, 0.3) is 10.9 Å². The Morgan fingerprint density at radius 2 is 1.91 bits per heavy atom. The van der Waals surface area contributed by atoms with E-state index in [1.165, 1.54) is 12.1 Å². The van der Waals surface area contributed by atoms with Crippen molar-refractivity contribution in [3.8, 4) is 0 Å². The topological polar surface area (TPSA) is 34.3 Å². The molecule has 0 radical (unpaired) electrons. The molecule has 2 N–H and O–H groups in total. The number of fused-ring (bicyclic) bond motifs is 3. The molecule has 5 rings (SSSR count). The first-order chi connectivity index (χ1) is 17.1. The molecule has 0 saturated carbocycles. The largest absolute Gasteiger partial charge is 0.381 e. The van der Waals surface area contributed by atoms with E-state index in [0.717, 1.165) is 61.1 Å². The quantitative estimate of drug-likeness (QED) is 0.378. The second kappa shape index (κ2) is 10.5. The Morgan fingerprint density at radius 1 is 1.11 bits per heavy atom. The average molecular weight is 483 g/mol. The number of alkyl halides is 1. The zero-order valence-electron chi connectivity index (χ0n) is 20.0. The second-order valence-corrected chi connectivity index (χ2v) is 9.66. The van der Waals surface area contributed by atoms with Gasteiger partial charge in [-0.05, 0) is 49.4 Å². The number of nitrogens with zero attached hydrogens (tertiary/aromatic N) is 2. The number of anilines is 1. The first kappa shape index (κ1) is 23.9. The summed E-state index contributed by atoms with van der Waals surface area (Å²) in [5.74, 6) is -1.08. The summed E-state index contributed by atoms with van der Waals surface area (Å²) in [6.45, 7) is 7.24. The third-order valence-electron chi connectivity index (χ3n) is 7.36. The first-order valence-electron chi connectivity index (χ1n) is 12.6. The van der Waals surface area contributed by atoms with E-state index >= 15 is 8.78 Å². The molecule has 0 amide bonds. The number of hydrogen-bond acceptors (Lipinski definition) is 3. The second-order valence-electron chi connectivity index (χ2n) is 9.66. The highest BCUT2D eigenvalue weighted by atomic mass is 19.1. The molecule has 4 nitrogen and oxygen atoms in total. The van der Waals surface area contributed by atoms with Gasteiger partial charge >= 0.3 is 0 Å². The van der Waals surface area contributed by atoms with Gasteiger partial charge in [-0.1, -0.05) is 24.3 Å². The van der Waals surface area contributed by atoms with Gasteiger partial charge in [-0.25, -0.2) is 8.78 Å². The molecule has 1 saturated heterocycles. The molecule has 0 spiro atoms. The lowest BCUT2D eigenvalue weighted by atomic mass is 9.91. The van der Waals surface area contributed by atoms with E-state index in [1.54, 1.807) is 0 Å². The van der Waals surface area contributed by atoms with Gasteiger partial charge in [0.2, 0.25) is 0 Å². The highest BCUT2D eigenvalue weighted by Gasteiger charge is 2.35. The van der Waals surface area contributed by atoms with Crippen LogP contribution in [-0.2, 0) is 6.42 Å². The van der Waals surface area contributed by atoms with Gasteiger partial charge in [0.25, 0.3) is 0 Å². The molecule has 2 aromatic carbocycles. The molecule has 35 heavy (non-hydrogen) atoms. The summed E-state index contributed by atoms with van der Waals surface area (Å²) in [7, 11) is 0. The van der Waals surface area contributed by atoms with E-state index in [4.69, 9.17) is 0 Å². The summed E-state index contributed by atoms with van der Waals surface area (Å²) in [6.07, 6.45) is 4.81. The monoisotopic (exact) mass is 482 g/mol. The highest BCUT2D eigenvalue weighted by molar-refractivity contribution is 5.85. The molecule has 186 valence electrons. The summed E-state index contributed by atoms with van der Waals surface area (Å²) < 4.78 is 43.8. The predicted molar refractivity (Wildman–Crippen MR) is 136 cm³/mol. The van der Waals surface area contributed by atoms with Crippen LogP contribution < -0.4 is 5.32 Å². The third kappa shape index (κ3) is 4.84. The van der Waals surface area contributed by atoms with Crippen LogP contribution in [0.1, 0.15) is 42.1 Å². The van der Waals surface area contributed by atoms with Gasteiger partial charge in [0.1, 0.15) is 11.6 Å². The fraction of sp³-hybridized carbons (Fsp3) is 0.429. The number of likely N-dealkylation sites (tertiary alicyclic amines) is 1. The van der Waals surface area contributed by atoms with Gasteiger partial charge in [0.05, 0.1) is 12.7 Å². The maximum absolute atomic E-state index is 15.7. The number of aromatic amines is 1. The van der Waals surface area contributed by atoms with E-state index < -0.39 is 17.7 Å². The number of rotatable bonds is 9. The Hall–Kier alpha value is -2.77. The lowest BCUT2D eigenvalue weighted by molar-refractivity contribution is 0.207. The summed E-state index contributed by atoms with van der Waals surface area (Å²) in [5.41, 5.74) is 3.54. The number of benzene rings is 2. The molecule has 3 aromatic rings. The lowest BCUT2D eigenvalue weighted by Gasteiger charge is -2.36. The molecular weight excluding hydrogens is 449 g/mol. The molecule has 1 aromatic heterocycles. The minimum Gasteiger partial charge on any atom is -0.381 e. The van der Waals surface area contributed by atoms with E-state index in [9.17, 15) is 4.39 Å². The van der Waals surface area contributed by atoms with E-state index in [0.29, 0.717) is 25.2 Å². The summed E-state index contributed by atoms with van der Waals surface area (Å²) in [6, 6.07) is 10.5. The van der Waals surface area contributed by atoms with Gasteiger partial charge in [-0.15, -0.1) is 6.58 Å². The maximum atomic E-state index is 15.7. The van der Waals surface area contributed by atoms with Gasteiger partial charge < -0.3 is 15.2 Å². The van der Waals surface area contributed by atoms with E-state index in [-0.39, 0.29) is 18.3 Å². The molecule has 0 aliphatic carbocycles. The van der Waals surface area contributed by atoms with Crippen LogP contribution in [0, 0.1) is 11.6 Å². The molecule has 1 fully saturated rings. The molecule has 3 heterocycles. The van der Waals surface area contributed by atoms with Crippen molar-refractivity contribution in [2.45, 2.75) is 37.8 Å². The lowest BCUT2D eigenvalue weighted by Crippen LogP contribution is -2.37. The van der Waals surface area contributed by atoms with Crippen molar-refractivity contribution in [2.24, 2.45) is 0 Å². The Morgan fingerprint density at radius 3 is 2.69 bits per heavy atom. The molecule has 0 bridgehead atoms. The third-order valence-corrected chi connectivity index (χ3v) is 7.36. The van der Waals surface area contributed by atoms with Crippen molar-refractivity contribution >= 4 is 16.6 Å². The minimum atomic E-state index is -0.542. The van der Waals surface area contributed by atoms with Crippen LogP contribution in [0.3, 0.4) is 0 Å². The minimum absolute atomic E-state index is 0.0862. The summed E-state index contributed by atoms with van der Waals surface area (Å²) >= 11 is 0. The van der Waals surface area contributed by atoms with Crippen LogP contribution in [0.2, 0.25) is 0 Å². The molecule has 2 aliphatic rings. The highest BCUT2D eigenvalue weighted by Crippen LogP contribution is 2.41. The smallest absolute Gasteiger partial charge is 0.133 e. The van der Waals surface area contributed by atoms with Crippen molar-refractivity contribution in [1.29, 1.82) is 0 Å². The van der Waals surface area contributed by atoms with Crippen molar-refractivity contribution in [3.63, 3.8) is 0 Å². The van der Waals surface area contributed by atoms with Crippen LogP contribution in [0.5, 0.6) is 0 Å². The zero-order valence-corrected chi connectivity index (χ0v) is 20.0. The van der Waals surface area contributed by atoms with Crippen molar-refractivity contribution < 1.29 is 13.2 Å². The fourth-order valence-electron chi connectivity index (χ4n) is 5.72. The van der Waals surface area contributed by atoms with Crippen LogP contribution in [-0.4, -0.2) is 60.2 Å². The van der Waals surface area contributed by atoms with Crippen molar-refractivity contribution in [2.75, 3.05) is 44.7 Å². The van der Waals surface area contributed by atoms with Gasteiger partial charge in [0.15, 0.2) is 0 Å². The molecular formula is C28H33F3N4. The number of hydrogen-bond donors (Lipinski definition) is 2. The fourth-order valence-corrected chi connectivity index (χ4v) is 5.72. The van der Waals surface area contributed by atoms with E-state index in [1.807, 2.05) is 24.3 Å². The Balaban J connectivity index is 1.45. The zero-order chi connectivity index (χ0) is 24.4. The SMILES string of the molecule is C=CCCN1CCc2c([nH]c3ccccc23)[C@H]1c1c(F)cc(N[C@H]2CCN(CCCF)C2)cc1F. The molecule has 2 aliphatic heterocycles. The molecule has 0 unspecified atom stereocenters. The number of aromatic nitrogens is 1. The predicted octanol–water partition coefficient (Wildman–Crippen LogP) is 5.82. The van der Waals surface area contributed by atoms with Gasteiger partial charge in [-0.3, -0.25) is 9.29 Å². The summed E-state index contributed by atoms with van der Waals surface area (Å²) in [4.78, 5) is 7.81. The van der Waals surface area contributed by atoms with Crippen LogP contribution in [0.4, 0.5) is 18.9 Å². The Labute approximate surface area is 204 Å². The average Bonchev–Trinajstić information content (AvgIpc) is 3.45. The van der Waals surface area contributed by atoms with Crippen LogP contribution >= 0.6 is 0 Å². The van der Waals surface area contributed by atoms with Crippen molar-refractivity contribution in [3.05, 3.63) is 77.5 Å². The first-order valence-corrected chi connectivity index (χ1v) is 12.6. The Kier molecular flexibility index (Phi) is 7.16. The standard InChI is InChI=1S/C28H33F3N4/c1-2-3-13-35-15-10-22-21-7-4-5-8-25(21)33-27(22)28(35)26-23(30)16-20(17-24(26)31)32-19-9-14-34(18-19)12-6-11-29/h2,4-5,7-8,16-17,19,28,32-33H,1,3,6,9-15,18H2/t19-,28+/m0/s1. The number of H-pyrrole nitrogens is 1. The van der Waals surface area contributed by atoms with E-state index in [2.05, 4.69) is 32.7 Å². The number of halogens is 3. The molecule has 2 atom stereocenters. The Bertz CT molecular complexity index is 1170. The normalized spacial score (nSPS) is 20.9. The van der Waals surface area contributed by atoms with Gasteiger partial charge in [0, 0.05) is 66.6 Å². The van der Waals surface area contributed by atoms with Crippen LogP contribution in [0.15, 0.2) is 49.1 Å². The number of para-hydroxylation sites is 1. The number of nitrogens with one attached hydrogen (secondary N) is 2. The van der Waals surface area contributed by atoms with Crippen molar-refractivity contribution in [1.82, 2.24) is 14.8 Å². The van der Waals surface area contributed by atoms with Gasteiger partial charge in [-0.2, -0.15) is 0 Å². The summed E-state index contributed by atoms with van der Waals surface area (Å²) in [5, 5.41) is 4.41. The maximum Gasteiger partial charge on any atom is 0.133 e.